The van der Waals surface area contributed by atoms with Crippen LogP contribution in [0.15, 0.2) is 185 Å². The minimum atomic E-state index is -4.55. The maximum absolute atomic E-state index is 14.0. The highest BCUT2D eigenvalue weighted by atomic mass is 32.2. The molecule has 12 rings (SSSR count). The van der Waals surface area contributed by atoms with Crippen molar-refractivity contribution in [3.8, 4) is 0 Å². The number of nitrogens with zero attached hydrogens (tertiary/aromatic N) is 9. The zero-order valence-electron chi connectivity index (χ0n) is 54.0. The molecule has 0 bridgehead atoms. The number of amides is 3. The topological polar surface area (TPSA) is 188 Å². The van der Waals surface area contributed by atoms with E-state index in [0.717, 1.165) is 89.3 Å². The van der Waals surface area contributed by atoms with E-state index in [4.69, 9.17) is 0 Å². The zero-order valence-corrected chi connectivity index (χ0v) is 56.4. The highest BCUT2D eigenvalue weighted by Crippen LogP contribution is 2.40. The SMILES string of the molecule is CC(=O)N(C)c1ccc(S(=O)(=O)n2cc(C3=CCN(C)CC3)c3cc(C(F)(F)F)ccc32)cc1.CC(=O)N(C)c1ccc(S(=O)(=O)n2cc(C3=CCN(C)CC3)c3cc(F)ccc32)cc1.CC(=O)N(C)c1ccc(S(=O)(=O)n2cc(C3=CCN(C)CC3)c3ccccc32)cc1. The minimum Gasteiger partial charge on any atom is -0.316 e. The molecule has 0 fully saturated rings. The Morgan fingerprint density at radius 2 is 0.737 bits per heavy atom. The summed E-state index contributed by atoms with van der Waals surface area (Å²) < 4.78 is 139. The van der Waals surface area contributed by atoms with E-state index in [2.05, 4.69) is 33.9 Å². The molecule has 0 saturated carbocycles. The smallest absolute Gasteiger partial charge is 0.316 e. The van der Waals surface area contributed by atoms with Gasteiger partial charge in [-0.1, -0.05) is 36.4 Å². The minimum absolute atomic E-state index is 0.0334. The molecule has 6 aromatic carbocycles. The third kappa shape index (κ3) is 14.4. The first-order valence-electron chi connectivity index (χ1n) is 30.4. The predicted molar refractivity (Wildman–Crippen MR) is 365 cm³/mol. The van der Waals surface area contributed by atoms with Crippen LogP contribution in [0.5, 0.6) is 0 Å². The molecule has 0 radical (unpaired) electrons. The van der Waals surface area contributed by atoms with Gasteiger partial charge in [0.1, 0.15) is 5.82 Å². The van der Waals surface area contributed by atoms with Gasteiger partial charge in [-0.2, -0.15) is 13.2 Å². The number of hydrogen-bond acceptors (Lipinski definition) is 12. The highest BCUT2D eigenvalue weighted by molar-refractivity contribution is 7.90. The fraction of sp³-hybridized carbons (Fsp3) is 0.271. The molecule has 9 aromatic rings. The van der Waals surface area contributed by atoms with Crippen LogP contribution in [0.1, 0.15) is 62.3 Å². The van der Waals surface area contributed by atoms with Gasteiger partial charge in [0.15, 0.2) is 0 Å². The number of benzene rings is 6. The monoisotopic (exact) mass is 1360 g/mol. The lowest BCUT2D eigenvalue weighted by Gasteiger charge is -2.21. The summed E-state index contributed by atoms with van der Waals surface area (Å²) in [5, 5.41) is 1.75. The standard InChI is InChI=1S/C24H24F3N3O3S.C23H24FN3O3S.C23H25N3O3S/c1-16(31)29(3)19-5-7-20(8-6-19)34(32,33)30-15-22(17-10-12-28(2)13-11-17)21-14-18(24(25,26)27)4-9-23(21)30;1-16(28)26(3)19-5-7-20(8-6-19)31(29,30)27-15-22(17-10-12-25(2)13-11-17)21-14-18(24)4-9-23(21)27;1-17(27)25(3)19-8-10-20(11-9-19)30(28,29)26-16-22(18-12-14-24(2)15-13-18)21-6-4-5-7-23(21)26/h4-10,14-15H,11-13H2,1-3H3;4-10,14-15H,11-13H2,1-3H3;4-12,16H,13-15H2,1-3H3. The first-order valence-corrected chi connectivity index (χ1v) is 34.8. The molecule has 0 unspecified atom stereocenters. The zero-order chi connectivity index (χ0) is 68.6. The lowest BCUT2D eigenvalue weighted by atomic mass is 9.98. The van der Waals surface area contributed by atoms with Crippen LogP contribution in [-0.2, 0) is 50.6 Å². The van der Waals surface area contributed by atoms with Crippen LogP contribution in [0.2, 0.25) is 0 Å². The Labute approximate surface area is 550 Å². The molecule has 0 N–H and O–H groups in total. The number of hydrogen-bond donors (Lipinski definition) is 0. The number of para-hydroxylation sites is 1. The number of alkyl halides is 3. The Bertz CT molecular complexity index is 4900. The van der Waals surface area contributed by atoms with Gasteiger partial charge in [0.05, 0.1) is 36.8 Å². The molecule has 3 aromatic heterocycles. The predicted octanol–water partition coefficient (Wildman–Crippen LogP) is 11.9. The molecular formula is C70H73F4N9O9S3. The Morgan fingerprint density at radius 3 is 1.06 bits per heavy atom. The summed E-state index contributed by atoms with van der Waals surface area (Å²) in [7, 11) is -0.908. The summed E-state index contributed by atoms with van der Waals surface area (Å²) in [5.41, 5.74) is 7.40. The maximum Gasteiger partial charge on any atom is 0.416 e. The summed E-state index contributed by atoms with van der Waals surface area (Å²) in [6, 6.07) is 33.2. The van der Waals surface area contributed by atoms with E-state index < -0.39 is 47.6 Å². The van der Waals surface area contributed by atoms with Crippen molar-refractivity contribution in [3.05, 3.63) is 198 Å². The van der Waals surface area contributed by atoms with Crippen LogP contribution in [0.3, 0.4) is 0 Å². The van der Waals surface area contributed by atoms with E-state index in [1.807, 2.05) is 44.4 Å². The van der Waals surface area contributed by atoms with Gasteiger partial charge >= 0.3 is 6.18 Å². The van der Waals surface area contributed by atoms with Crippen LogP contribution in [0, 0.1) is 5.82 Å². The van der Waals surface area contributed by atoms with Crippen molar-refractivity contribution in [1.82, 2.24) is 26.6 Å². The third-order valence-corrected chi connectivity index (χ3v) is 22.6. The quantitative estimate of drug-likeness (QED) is 0.105. The number of carbonyl (C=O) groups excluding carboxylic acids is 3. The molecule has 0 saturated heterocycles. The van der Waals surface area contributed by atoms with Crippen LogP contribution in [0.25, 0.3) is 49.4 Å². The van der Waals surface area contributed by atoms with E-state index in [9.17, 15) is 57.2 Å². The van der Waals surface area contributed by atoms with Crippen LogP contribution in [0.4, 0.5) is 34.6 Å². The number of anilines is 3. The molecule has 3 aliphatic heterocycles. The van der Waals surface area contributed by atoms with Crippen molar-refractivity contribution in [1.29, 1.82) is 0 Å². The number of halogens is 4. The van der Waals surface area contributed by atoms with Gasteiger partial charge in [-0.05, 0) is 172 Å². The fourth-order valence-corrected chi connectivity index (χ4v) is 15.6. The summed E-state index contributed by atoms with van der Waals surface area (Å²) in [6.45, 7) is 9.06. The second-order valence-electron chi connectivity index (χ2n) is 23.9. The number of carbonyl (C=O) groups is 3. The molecular weight excluding hydrogens is 1280 g/mol. The first-order chi connectivity index (χ1) is 44.9. The molecule has 0 atom stereocenters. The van der Waals surface area contributed by atoms with E-state index in [1.54, 1.807) is 69.9 Å². The second kappa shape index (κ2) is 27.4. The number of fused-ring (bicyclic) bond motifs is 3. The number of aromatic nitrogens is 3. The maximum atomic E-state index is 14.0. The van der Waals surface area contributed by atoms with Crippen molar-refractivity contribution in [3.63, 3.8) is 0 Å². The Morgan fingerprint density at radius 1 is 0.421 bits per heavy atom. The molecule has 0 aliphatic carbocycles. The number of rotatable bonds is 12. The van der Waals surface area contributed by atoms with E-state index in [1.165, 1.54) is 116 Å². The molecule has 3 aliphatic rings. The first kappa shape index (κ1) is 68.9. The van der Waals surface area contributed by atoms with Crippen molar-refractivity contribution in [2.24, 2.45) is 0 Å². The van der Waals surface area contributed by atoms with Crippen LogP contribution < -0.4 is 14.7 Å². The van der Waals surface area contributed by atoms with Crippen molar-refractivity contribution in [2.75, 3.05) is 96.3 Å². The second-order valence-corrected chi connectivity index (χ2v) is 29.3. The summed E-state index contributed by atoms with van der Waals surface area (Å²) in [4.78, 5) is 45.7. The summed E-state index contributed by atoms with van der Waals surface area (Å²) >= 11 is 0. The molecule has 498 valence electrons. The van der Waals surface area contributed by atoms with Crippen molar-refractivity contribution >= 4 is 114 Å². The van der Waals surface area contributed by atoms with Gasteiger partial charge < -0.3 is 29.4 Å². The van der Waals surface area contributed by atoms with Gasteiger partial charge in [0.2, 0.25) is 17.7 Å². The summed E-state index contributed by atoms with van der Waals surface area (Å²) in [6.07, 6.45) is 8.59. The molecule has 0 spiro atoms. The van der Waals surface area contributed by atoms with Crippen molar-refractivity contribution < 1.29 is 57.2 Å². The van der Waals surface area contributed by atoms with E-state index in [-0.39, 0.29) is 43.3 Å². The van der Waals surface area contributed by atoms with E-state index in [0.29, 0.717) is 52.0 Å². The molecule has 95 heavy (non-hydrogen) atoms. The average Bonchev–Trinajstić information content (AvgIpc) is 1.63. The highest BCUT2D eigenvalue weighted by Gasteiger charge is 2.33. The molecule has 3 amide bonds. The Balaban J connectivity index is 0.000000156. The normalized spacial score (nSPS) is 15.3. The molecule has 25 heteroatoms. The molecule has 18 nitrogen and oxygen atoms in total. The molecule has 6 heterocycles. The lowest BCUT2D eigenvalue weighted by Crippen LogP contribution is -2.23. The van der Waals surface area contributed by atoms with E-state index >= 15 is 0 Å². The number of likely N-dealkylation sites (N-methyl/N-ethyl adjacent to an activating group) is 3. The van der Waals surface area contributed by atoms with Gasteiger partial charge in [-0.3, -0.25) is 14.4 Å². The van der Waals surface area contributed by atoms with Gasteiger partial charge in [0, 0.05) is 150 Å². The van der Waals surface area contributed by atoms with Gasteiger partial charge in [0.25, 0.3) is 30.1 Å². The van der Waals surface area contributed by atoms with Gasteiger partial charge in [-0.25, -0.2) is 41.6 Å². The largest absolute Gasteiger partial charge is 0.416 e. The summed E-state index contributed by atoms with van der Waals surface area (Å²) in [5.74, 6) is -0.874. The third-order valence-electron chi connectivity index (χ3n) is 17.5. The Hall–Kier alpha value is -8.98. The van der Waals surface area contributed by atoms with Crippen molar-refractivity contribution in [2.45, 2.75) is 60.9 Å². The average molecular weight is 1360 g/mol. The van der Waals surface area contributed by atoms with Gasteiger partial charge in [-0.15, -0.1) is 0 Å². The lowest BCUT2D eigenvalue weighted by molar-refractivity contribution is -0.137. The van der Waals surface area contributed by atoms with Crippen LogP contribution in [-0.4, -0.2) is 151 Å². The van der Waals surface area contributed by atoms with Crippen LogP contribution >= 0.6 is 0 Å². The Kier molecular flexibility index (Phi) is 19.9. The fourth-order valence-electron chi connectivity index (χ4n) is 11.5.